The third-order valence-corrected chi connectivity index (χ3v) is 3.85. The minimum Gasteiger partial charge on any atom is -0.464 e. The molecule has 4 nitrogen and oxygen atoms in total. The Bertz CT molecular complexity index is 632. The highest BCUT2D eigenvalue weighted by Crippen LogP contribution is 2.34. The SMILES string of the molecule is CCOC(=O)[C@]1(C)NCCc2c1[nH]c1ccccc21. The lowest BCUT2D eigenvalue weighted by Crippen LogP contribution is -2.51. The minimum absolute atomic E-state index is 0.220. The topological polar surface area (TPSA) is 54.1 Å². The predicted octanol–water partition coefficient (Wildman–Crippen LogP) is 2.09. The molecule has 19 heavy (non-hydrogen) atoms. The number of carbonyl (C=O) groups excluding carboxylic acids is 1. The number of carbonyl (C=O) groups is 1. The van der Waals surface area contributed by atoms with Crippen LogP contribution in [0.5, 0.6) is 0 Å². The molecule has 0 unspecified atom stereocenters. The summed E-state index contributed by atoms with van der Waals surface area (Å²) >= 11 is 0. The van der Waals surface area contributed by atoms with Crippen molar-refractivity contribution >= 4 is 16.9 Å². The molecule has 0 fully saturated rings. The Morgan fingerprint density at radius 2 is 2.21 bits per heavy atom. The summed E-state index contributed by atoms with van der Waals surface area (Å²) in [5, 5.41) is 4.49. The van der Waals surface area contributed by atoms with E-state index in [2.05, 4.69) is 16.4 Å². The van der Waals surface area contributed by atoms with E-state index in [4.69, 9.17) is 4.74 Å². The van der Waals surface area contributed by atoms with Crippen molar-refractivity contribution in [1.29, 1.82) is 0 Å². The van der Waals surface area contributed by atoms with Crippen molar-refractivity contribution in [3.63, 3.8) is 0 Å². The number of hydrogen-bond donors (Lipinski definition) is 2. The summed E-state index contributed by atoms with van der Waals surface area (Å²) < 4.78 is 5.22. The Hall–Kier alpha value is -1.81. The molecule has 1 atom stereocenters. The molecule has 0 saturated carbocycles. The summed E-state index contributed by atoms with van der Waals surface area (Å²) in [5.74, 6) is -0.220. The van der Waals surface area contributed by atoms with Crippen LogP contribution in [0, 0.1) is 0 Å². The molecule has 1 aliphatic heterocycles. The first-order valence-corrected chi connectivity index (χ1v) is 6.69. The maximum absolute atomic E-state index is 12.3. The molecule has 0 radical (unpaired) electrons. The van der Waals surface area contributed by atoms with Gasteiger partial charge in [-0.2, -0.15) is 0 Å². The lowest BCUT2D eigenvalue weighted by Gasteiger charge is -2.32. The van der Waals surface area contributed by atoms with Gasteiger partial charge in [-0.25, -0.2) is 4.79 Å². The van der Waals surface area contributed by atoms with Crippen molar-refractivity contribution in [3.05, 3.63) is 35.5 Å². The molecule has 1 aromatic carbocycles. The molecule has 0 amide bonds. The number of fused-ring (bicyclic) bond motifs is 3. The van der Waals surface area contributed by atoms with Gasteiger partial charge in [-0.05, 0) is 31.9 Å². The summed E-state index contributed by atoms with van der Waals surface area (Å²) in [6, 6.07) is 8.17. The molecule has 1 aromatic heterocycles. The second-order valence-corrected chi connectivity index (χ2v) is 5.05. The van der Waals surface area contributed by atoms with Crippen LogP contribution in [0.3, 0.4) is 0 Å². The molecule has 0 aliphatic carbocycles. The molecule has 0 spiro atoms. The number of benzene rings is 1. The lowest BCUT2D eigenvalue weighted by molar-refractivity contribution is -0.151. The van der Waals surface area contributed by atoms with Crippen LogP contribution in [-0.2, 0) is 21.5 Å². The van der Waals surface area contributed by atoms with E-state index < -0.39 is 5.54 Å². The summed E-state index contributed by atoms with van der Waals surface area (Å²) in [7, 11) is 0. The van der Waals surface area contributed by atoms with Gasteiger partial charge in [0.1, 0.15) is 0 Å². The number of aromatic amines is 1. The highest BCUT2D eigenvalue weighted by molar-refractivity contribution is 5.90. The summed E-state index contributed by atoms with van der Waals surface area (Å²) in [6.07, 6.45) is 0.925. The molecule has 2 N–H and O–H groups in total. The first-order chi connectivity index (χ1) is 9.16. The fraction of sp³-hybridized carbons (Fsp3) is 0.400. The number of ether oxygens (including phenoxy) is 1. The van der Waals surface area contributed by atoms with Crippen LogP contribution >= 0.6 is 0 Å². The second-order valence-electron chi connectivity index (χ2n) is 5.05. The maximum Gasteiger partial charge on any atom is 0.332 e. The first kappa shape index (κ1) is 12.2. The predicted molar refractivity (Wildman–Crippen MR) is 74.0 cm³/mol. The molecule has 0 bridgehead atoms. The molecule has 2 heterocycles. The Kier molecular flexibility index (Phi) is 2.82. The number of nitrogens with one attached hydrogen (secondary N) is 2. The number of hydrogen-bond acceptors (Lipinski definition) is 3. The van der Waals surface area contributed by atoms with Gasteiger partial charge in [-0.1, -0.05) is 18.2 Å². The van der Waals surface area contributed by atoms with Crippen LogP contribution in [0.4, 0.5) is 0 Å². The van der Waals surface area contributed by atoms with E-state index in [0.717, 1.165) is 24.2 Å². The standard InChI is InChI=1S/C15H18N2O2/c1-3-19-14(18)15(2)13-11(8-9-16-15)10-6-4-5-7-12(10)17-13/h4-7,16-17H,3,8-9H2,1-2H3/t15-/m1/s1. The number of H-pyrrole nitrogens is 1. The van der Waals surface area contributed by atoms with E-state index >= 15 is 0 Å². The van der Waals surface area contributed by atoms with Crippen LogP contribution in [0.2, 0.25) is 0 Å². The van der Waals surface area contributed by atoms with Crippen molar-refractivity contribution < 1.29 is 9.53 Å². The van der Waals surface area contributed by atoms with E-state index in [9.17, 15) is 4.79 Å². The molecule has 100 valence electrons. The molecular formula is C15H18N2O2. The van der Waals surface area contributed by atoms with Gasteiger partial charge >= 0.3 is 5.97 Å². The van der Waals surface area contributed by atoms with Gasteiger partial charge in [-0.15, -0.1) is 0 Å². The van der Waals surface area contributed by atoms with Crippen LogP contribution in [0.15, 0.2) is 24.3 Å². The number of esters is 1. The van der Waals surface area contributed by atoms with E-state index in [0.29, 0.717) is 6.61 Å². The highest BCUT2D eigenvalue weighted by atomic mass is 16.5. The zero-order chi connectivity index (χ0) is 13.5. The van der Waals surface area contributed by atoms with Crippen LogP contribution in [-0.4, -0.2) is 24.1 Å². The van der Waals surface area contributed by atoms with Gasteiger partial charge in [-0.3, -0.25) is 5.32 Å². The third kappa shape index (κ3) is 1.75. The fourth-order valence-electron chi connectivity index (χ4n) is 2.86. The molecular weight excluding hydrogens is 240 g/mol. The Morgan fingerprint density at radius 1 is 1.42 bits per heavy atom. The number of aromatic nitrogens is 1. The zero-order valence-corrected chi connectivity index (χ0v) is 11.2. The monoisotopic (exact) mass is 258 g/mol. The second kappa shape index (κ2) is 4.38. The summed E-state index contributed by atoms with van der Waals surface area (Å²) in [4.78, 5) is 15.6. The Morgan fingerprint density at radius 3 is 3.00 bits per heavy atom. The fourth-order valence-corrected chi connectivity index (χ4v) is 2.86. The minimum atomic E-state index is -0.775. The third-order valence-electron chi connectivity index (χ3n) is 3.85. The van der Waals surface area contributed by atoms with Crippen molar-refractivity contribution in [2.24, 2.45) is 0 Å². The van der Waals surface area contributed by atoms with E-state index in [1.54, 1.807) is 0 Å². The largest absolute Gasteiger partial charge is 0.464 e. The van der Waals surface area contributed by atoms with Gasteiger partial charge in [0.25, 0.3) is 0 Å². The van der Waals surface area contributed by atoms with Crippen molar-refractivity contribution in [2.45, 2.75) is 25.8 Å². The smallest absolute Gasteiger partial charge is 0.332 e. The van der Waals surface area contributed by atoms with Crippen LogP contribution in [0.25, 0.3) is 10.9 Å². The summed E-state index contributed by atoms with van der Waals surface area (Å²) in [5.41, 5.74) is 2.47. The normalized spacial score (nSPS) is 22.2. The molecule has 1 aliphatic rings. The highest BCUT2D eigenvalue weighted by Gasteiger charge is 2.42. The molecule has 0 saturated heterocycles. The van der Waals surface area contributed by atoms with Gasteiger partial charge in [0.05, 0.1) is 12.3 Å². The molecule has 3 rings (SSSR count). The van der Waals surface area contributed by atoms with Gasteiger partial charge in [0.15, 0.2) is 5.54 Å². The lowest BCUT2D eigenvalue weighted by atomic mass is 9.88. The van der Waals surface area contributed by atoms with Gasteiger partial charge in [0.2, 0.25) is 0 Å². The van der Waals surface area contributed by atoms with Crippen molar-refractivity contribution in [2.75, 3.05) is 13.2 Å². The van der Waals surface area contributed by atoms with Crippen LogP contribution in [0.1, 0.15) is 25.1 Å². The van der Waals surface area contributed by atoms with Crippen molar-refractivity contribution in [3.8, 4) is 0 Å². The number of para-hydroxylation sites is 1. The number of rotatable bonds is 2. The van der Waals surface area contributed by atoms with E-state index in [1.165, 1.54) is 10.9 Å². The zero-order valence-electron chi connectivity index (χ0n) is 11.2. The average molecular weight is 258 g/mol. The maximum atomic E-state index is 12.3. The van der Waals surface area contributed by atoms with Gasteiger partial charge in [0, 0.05) is 17.4 Å². The van der Waals surface area contributed by atoms with E-state index in [1.807, 2.05) is 32.0 Å². The Labute approximate surface area is 112 Å². The summed E-state index contributed by atoms with van der Waals surface area (Å²) in [6.45, 7) is 4.89. The van der Waals surface area contributed by atoms with E-state index in [-0.39, 0.29) is 5.97 Å². The Balaban J connectivity index is 2.16. The average Bonchev–Trinajstić information content (AvgIpc) is 2.80. The van der Waals surface area contributed by atoms with Crippen LogP contribution < -0.4 is 5.32 Å². The van der Waals surface area contributed by atoms with Gasteiger partial charge < -0.3 is 9.72 Å². The molecule has 4 heteroatoms. The van der Waals surface area contributed by atoms with Crippen molar-refractivity contribution in [1.82, 2.24) is 10.3 Å². The first-order valence-electron chi connectivity index (χ1n) is 6.69. The quantitative estimate of drug-likeness (QED) is 0.811. The molecule has 2 aromatic rings.